The van der Waals surface area contributed by atoms with E-state index in [1.54, 1.807) is 0 Å². The van der Waals surface area contributed by atoms with Crippen LogP contribution in [0, 0.1) is 0 Å². The van der Waals surface area contributed by atoms with Crippen LogP contribution in [0.2, 0.25) is 0 Å². The fourth-order valence-electron chi connectivity index (χ4n) is 0.884. The monoisotopic (exact) mass is 206 g/mol. The van der Waals surface area contributed by atoms with Gasteiger partial charge in [-0.05, 0) is 12.8 Å². The van der Waals surface area contributed by atoms with Gasteiger partial charge in [0.25, 0.3) is 0 Å². The molecule has 14 heavy (non-hydrogen) atoms. The van der Waals surface area contributed by atoms with Crippen LogP contribution in [0.4, 0.5) is 0 Å². The molecule has 0 heterocycles. The Morgan fingerprint density at radius 3 is 1.50 bits per heavy atom. The van der Waals surface area contributed by atoms with Gasteiger partial charge in [0.1, 0.15) is 12.1 Å². The first-order valence-corrected chi connectivity index (χ1v) is 3.99. The van der Waals surface area contributed by atoms with E-state index in [4.69, 9.17) is 21.7 Å². The Balaban J connectivity index is 3.92. The highest BCUT2D eigenvalue weighted by Crippen LogP contribution is 2.03. The van der Waals surface area contributed by atoms with E-state index in [0.717, 1.165) is 0 Å². The number of hydrogen-bond donors (Lipinski definition) is 5. The zero-order chi connectivity index (χ0) is 11.3. The first-order valence-electron chi connectivity index (χ1n) is 3.99. The van der Waals surface area contributed by atoms with E-state index in [0.29, 0.717) is 0 Å². The van der Waals surface area contributed by atoms with E-state index in [9.17, 15) is 14.7 Å². The summed E-state index contributed by atoms with van der Waals surface area (Å²) in [6.07, 6.45) is -1.54. The number of hydrogen-bond acceptors (Lipinski definition) is 5. The molecule has 0 aliphatic heterocycles. The van der Waals surface area contributed by atoms with Crippen LogP contribution in [0.25, 0.3) is 0 Å². The van der Waals surface area contributed by atoms with E-state index in [-0.39, 0.29) is 12.8 Å². The topological polar surface area (TPSA) is 147 Å². The van der Waals surface area contributed by atoms with Crippen molar-refractivity contribution in [1.29, 1.82) is 0 Å². The molecule has 82 valence electrons. The van der Waals surface area contributed by atoms with Gasteiger partial charge in [-0.1, -0.05) is 0 Å². The van der Waals surface area contributed by atoms with Crippen LogP contribution in [-0.2, 0) is 9.59 Å². The second kappa shape index (κ2) is 5.53. The molecule has 0 amide bonds. The average Bonchev–Trinajstić information content (AvgIpc) is 2.03. The first-order chi connectivity index (χ1) is 6.34. The molecule has 7 N–H and O–H groups in total. The Hall–Kier alpha value is -1.18. The van der Waals surface area contributed by atoms with Crippen molar-refractivity contribution in [2.75, 3.05) is 0 Å². The number of carboxylic acids is 2. The van der Waals surface area contributed by atoms with Crippen molar-refractivity contribution in [3.8, 4) is 0 Å². The highest BCUT2D eigenvalue weighted by molar-refractivity contribution is 5.74. The Morgan fingerprint density at radius 2 is 1.29 bits per heavy atom. The molecule has 0 radical (unpaired) electrons. The molecular weight excluding hydrogens is 192 g/mol. The van der Waals surface area contributed by atoms with E-state index in [1.807, 2.05) is 0 Å². The zero-order valence-corrected chi connectivity index (χ0v) is 7.46. The number of aliphatic hydroxyl groups excluding tert-OH is 1. The summed E-state index contributed by atoms with van der Waals surface area (Å²) in [6.45, 7) is 0. The number of aliphatic hydroxyl groups is 1. The lowest BCUT2D eigenvalue weighted by atomic mass is 10.0. The lowest BCUT2D eigenvalue weighted by Gasteiger charge is -2.15. The summed E-state index contributed by atoms with van der Waals surface area (Å²) in [5.74, 6) is -2.49. The number of nitrogens with two attached hydrogens (primary N) is 2. The van der Waals surface area contributed by atoms with Crippen molar-refractivity contribution in [1.82, 2.24) is 0 Å². The minimum Gasteiger partial charge on any atom is -0.480 e. The first kappa shape index (κ1) is 12.8. The fourth-order valence-corrected chi connectivity index (χ4v) is 0.884. The Morgan fingerprint density at radius 1 is 1.00 bits per heavy atom. The zero-order valence-electron chi connectivity index (χ0n) is 7.46. The van der Waals surface area contributed by atoms with Gasteiger partial charge >= 0.3 is 11.9 Å². The highest BCUT2D eigenvalue weighted by atomic mass is 16.4. The molecule has 0 saturated carbocycles. The molecule has 2 unspecified atom stereocenters. The van der Waals surface area contributed by atoms with Crippen molar-refractivity contribution >= 4 is 11.9 Å². The average molecular weight is 206 g/mol. The van der Waals surface area contributed by atoms with Crippen LogP contribution < -0.4 is 11.5 Å². The molecule has 0 aliphatic rings. The largest absolute Gasteiger partial charge is 0.480 e. The fraction of sp³-hybridized carbons (Fsp3) is 0.714. The maximum Gasteiger partial charge on any atom is 0.320 e. The molecule has 0 spiro atoms. The van der Waals surface area contributed by atoms with Crippen molar-refractivity contribution in [2.24, 2.45) is 11.5 Å². The Kier molecular flexibility index (Phi) is 5.06. The third-order valence-electron chi connectivity index (χ3n) is 1.69. The van der Waals surface area contributed by atoms with Gasteiger partial charge in [-0.25, -0.2) is 0 Å². The molecule has 0 aromatic rings. The van der Waals surface area contributed by atoms with Crippen LogP contribution in [0.15, 0.2) is 0 Å². The Bertz CT molecular complexity index is 198. The lowest BCUT2D eigenvalue weighted by Crippen LogP contribution is -2.38. The third-order valence-corrected chi connectivity index (χ3v) is 1.69. The van der Waals surface area contributed by atoms with E-state index < -0.39 is 30.1 Å². The molecule has 0 aromatic heterocycles. The predicted octanol–water partition coefficient (Wildman–Crippen LogP) is -2.05. The number of carbonyl (C=O) groups is 2. The van der Waals surface area contributed by atoms with Crippen LogP contribution in [-0.4, -0.2) is 45.4 Å². The molecule has 0 rings (SSSR count). The molecular formula is C7H14N2O5. The van der Waals surface area contributed by atoms with Crippen LogP contribution in [0.5, 0.6) is 0 Å². The lowest BCUT2D eigenvalue weighted by molar-refractivity contribution is -0.139. The summed E-state index contributed by atoms with van der Waals surface area (Å²) < 4.78 is 0. The van der Waals surface area contributed by atoms with Gasteiger partial charge in [0, 0.05) is 0 Å². The second-order valence-corrected chi connectivity index (χ2v) is 3.01. The molecule has 0 bridgehead atoms. The van der Waals surface area contributed by atoms with Gasteiger partial charge in [0.15, 0.2) is 0 Å². The SMILES string of the molecule is NC(CC(O)CC(N)C(=O)O)C(=O)O. The van der Waals surface area contributed by atoms with Gasteiger partial charge in [-0.3, -0.25) is 9.59 Å². The number of aliphatic carboxylic acids is 2. The van der Waals surface area contributed by atoms with Gasteiger partial charge in [0.2, 0.25) is 0 Å². The van der Waals surface area contributed by atoms with Crippen LogP contribution in [0.1, 0.15) is 12.8 Å². The van der Waals surface area contributed by atoms with Crippen molar-refractivity contribution in [3.63, 3.8) is 0 Å². The summed E-state index contributed by atoms with van der Waals surface area (Å²) in [7, 11) is 0. The van der Waals surface area contributed by atoms with Crippen molar-refractivity contribution in [3.05, 3.63) is 0 Å². The summed E-state index contributed by atoms with van der Waals surface area (Å²) >= 11 is 0. The third kappa shape index (κ3) is 4.75. The molecule has 0 saturated heterocycles. The number of rotatable bonds is 6. The molecule has 0 aromatic carbocycles. The van der Waals surface area contributed by atoms with E-state index in [2.05, 4.69) is 0 Å². The van der Waals surface area contributed by atoms with Crippen LogP contribution in [0.3, 0.4) is 0 Å². The number of carboxylic acid groups (broad SMARTS) is 2. The van der Waals surface area contributed by atoms with E-state index in [1.165, 1.54) is 0 Å². The molecule has 0 aliphatic carbocycles. The van der Waals surface area contributed by atoms with Gasteiger partial charge < -0.3 is 26.8 Å². The van der Waals surface area contributed by atoms with Crippen molar-refractivity contribution in [2.45, 2.75) is 31.0 Å². The van der Waals surface area contributed by atoms with Gasteiger partial charge in [-0.2, -0.15) is 0 Å². The summed E-state index contributed by atoms with van der Waals surface area (Å²) in [4.78, 5) is 20.5. The highest BCUT2D eigenvalue weighted by Gasteiger charge is 2.21. The molecule has 0 fully saturated rings. The smallest absolute Gasteiger partial charge is 0.320 e. The molecule has 2 atom stereocenters. The summed E-state index contributed by atoms with van der Waals surface area (Å²) in [5, 5.41) is 26.0. The minimum atomic E-state index is -1.24. The summed E-state index contributed by atoms with van der Waals surface area (Å²) in [6, 6.07) is -2.41. The maximum absolute atomic E-state index is 10.3. The predicted molar refractivity (Wildman–Crippen MR) is 46.5 cm³/mol. The normalized spacial score (nSPS) is 17.1. The van der Waals surface area contributed by atoms with Gasteiger partial charge in [0.05, 0.1) is 6.10 Å². The van der Waals surface area contributed by atoms with E-state index >= 15 is 0 Å². The standard InChI is InChI=1S/C7H14N2O5/c8-4(6(11)12)1-3(10)2-5(9)7(13)14/h3-5,10H,1-2,8-9H2,(H,11,12)(H,13,14). The second-order valence-electron chi connectivity index (χ2n) is 3.01. The van der Waals surface area contributed by atoms with Crippen LogP contribution >= 0.6 is 0 Å². The van der Waals surface area contributed by atoms with Crippen molar-refractivity contribution < 1.29 is 24.9 Å². The quantitative estimate of drug-likeness (QED) is 0.336. The molecule has 7 nitrogen and oxygen atoms in total. The maximum atomic E-state index is 10.3. The minimum absolute atomic E-state index is 0.212. The molecule has 7 heteroatoms. The Labute approximate surface area is 80.3 Å². The van der Waals surface area contributed by atoms with Gasteiger partial charge in [-0.15, -0.1) is 0 Å². The summed E-state index contributed by atoms with van der Waals surface area (Å²) in [5.41, 5.74) is 10.2.